The first kappa shape index (κ1) is 35.7. The molecule has 0 saturated carbocycles. The Morgan fingerprint density at radius 1 is 0.592 bits per heavy atom. The van der Waals surface area contributed by atoms with E-state index in [1.807, 2.05) is 36.4 Å². The molecule has 2 amide bonds. The number of halogens is 6. The van der Waals surface area contributed by atoms with Gasteiger partial charge in [0.25, 0.3) is 5.91 Å². The van der Waals surface area contributed by atoms with Gasteiger partial charge in [-0.2, -0.15) is 26.3 Å². The van der Waals surface area contributed by atoms with Crippen molar-refractivity contribution in [1.82, 2.24) is 16.0 Å². The number of unbranched alkanes of at least 4 members (excludes halogenated alkanes) is 2. The summed E-state index contributed by atoms with van der Waals surface area (Å²) in [5, 5.41) is 8.40. The second-order valence-electron chi connectivity index (χ2n) is 12.1. The predicted molar refractivity (Wildman–Crippen MR) is 177 cm³/mol. The van der Waals surface area contributed by atoms with Gasteiger partial charge in [-0.3, -0.25) is 9.59 Å². The highest BCUT2D eigenvalue weighted by atomic mass is 19.4. The Balaban J connectivity index is 1.08. The van der Waals surface area contributed by atoms with Crippen LogP contribution < -0.4 is 16.0 Å². The average Bonchev–Trinajstić information content (AvgIpc) is 3.38. The van der Waals surface area contributed by atoms with Gasteiger partial charge in [0, 0.05) is 12.1 Å². The van der Waals surface area contributed by atoms with Gasteiger partial charge in [-0.15, -0.1) is 0 Å². The maximum absolute atomic E-state index is 13.6. The molecule has 49 heavy (non-hydrogen) atoms. The first-order valence-corrected chi connectivity index (χ1v) is 16.2. The van der Waals surface area contributed by atoms with Gasteiger partial charge < -0.3 is 16.0 Å². The maximum atomic E-state index is 13.6. The molecule has 5 rings (SSSR count). The smallest absolute Gasteiger partial charge is 0.352 e. The Morgan fingerprint density at radius 3 is 1.71 bits per heavy atom. The lowest BCUT2D eigenvalue weighted by Crippen LogP contribution is -2.47. The van der Waals surface area contributed by atoms with Gasteiger partial charge in [0.15, 0.2) is 0 Å². The van der Waals surface area contributed by atoms with E-state index in [1.54, 1.807) is 36.4 Å². The van der Waals surface area contributed by atoms with E-state index < -0.39 is 35.8 Å². The standard InChI is InChI=1S/C38H37F6N3O2/c39-37(40,41)25-47-35(49)36(32-15-5-3-12-29(32)30-13-4-6-16-33(30)36)21-7-8-22-45-23-9-10-24-46-34(48)31-14-2-1-11-28(31)26-17-19-27(20-18-26)38(42,43)44/h1-6,11-20,45H,7-10,21-25H2,(H,46,48)(H,47,49). The van der Waals surface area contributed by atoms with Gasteiger partial charge in [0.1, 0.15) is 12.0 Å². The normalized spacial score (nSPS) is 13.4. The number of fused-ring (bicyclic) bond motifs is 3. The molecule has 1 aliphatic carbocycles. The summed E-state index contributed by atoms with van der Waals surface area (Å²) >= 11 is 0. The Bertz CT molecular complexity index is 1710. The summed E-state index contributed by atoms with van der Waals surface area (Å²) in [6, 6.07) is 26.2. The number of carbonyl (C=O) groups is 2. The van der Waals surface area contributed by atoms with Gasteiger partial charge in [-0.05, 0) is 90.4 Å². The zero-order valence-corrected chi connectivity index (χ0v) is 26.7. The van der Waals surface area contributed by atoms with Gasteiger partial charge in [0.05, 0.1) is 5.56 Å². The molecule has 4 aromatic rings. The van der Waals surface area contributed by atoms with Crippen LogP contribution >= 0.6 is 0 Å². The molecule has 0 unspecified atom stereocenters. The van der Waals surface area contributed by atoms with Crippen LogP contribution in [0.5, 0.6) is 0 Å². The van der Waals surface area contributed by atoms with Gasteiger partial charge in [-0.1, -0.05) is 85.3 Å². The number of carbonyl (C=O) groups excluding carboxylic acids is 2. The number of benzene rings is 4. The third kappa shape index (κ3) is 8.33. The van der Waals surface area contributed by atoms with Crippen molar-refractivity contribution in [1.29, 1.82) is 0 Å². The molecule has 0 radical (unpaired) electrons. The SMILES string of the molecule is O=C(NCCCCNCCCCC1(C(=O)NCC(F)(F)F)c2ccccc2-c2ccccc21)c1ccccc1-c1ccc(C(F)(F)F)cc1. The van der Waals surface area contributed by atoms with Crippen molar-refractivity contribution < 1.29 is 35.9 Å². The van der Waals surface area contributed by atoms with Gasteiger partial charge in [0.2, 0.25) is 5.91 Å². The number of amides is 2. The van der Waals surface area contributed by atoms with Crippen molar-refractivity contribution in [2.75, 3.05) is 26.2 Å². The highest BCUT2D eigenvalue weighted by Crippen LogP contribution is 2.51. The van der Waals surface area contributed by atoms with Gasteiger partial charge >= 0.3 is 12.4 Å². The van der Waals surface area contributed by atoms with Crippen LogP contribution in [0, 0.1) is 0 Å². The summed E-state index contributed by atoms with van der Waals surface area (Å²) in [6.07, 6.45) is -5.85. The van der Waals surface area contributed by atoms with Crippen molar-refractivity contribution >= 4 is 11.8 Å². The maximum Gasteiger partial charge on any atom is 0.416 e. The van der Waals surface area contributed by atoms with E-state index in [1.165, 1.54) is 12.1 Å². The van der Waals surface area contributed by atoms with Crippen LogP contribution in [0.25, 0.3) is 22.3 Å². The van der Waals surface area contributed by atoms with E-state index in [0.717, 1.165) is 29.7 Å². The second-order valence-corrected chi connectivity index (χ2v) is 12.1. The zero-order valence-electron chi connectivity index (χ0n) is 26.7. The molecule has 4 aromatic carbocycles. The van der Waals surface area contributed by atoms with Crippen LogP contribution in [0.3, 0.4) is 0 Å². The topological polar surface area (TPSA) is 70.2 Å². The van der Waals surface area contributed by atoms with E-state index >= 15 is 0 Å². The van der Waals surface area contributed by atoms with Crippen LogP contribution in [0.4, 0.5) is 26.3 Å². The molecular formula is C38H37F6N3O2. The summed E-state index contributed by atoms with van der Waals surface area (Å²) in [6.45, 7) is 0.346. The zero-order chi connectivity index (χ0) is 35.1. The number of nitrogens with one attached hydrogen (secondary N) is 3. The summed E-state index contributed by atoms with van der Waals surface area (Å²) in [5.74, 6) is -0.967. The van der Waals surface area contributed by atoms with Crippen molar-refractivity contribution in [2.24, 2.45) is 0 Å². The van der Waals surface area contributed by atoms with Crippen LogP contribution in [0.2, 0.25) is 0 Å². The molecular weight excluding hydrogens is 644 g/mol. The molecule has 0 fully saturated rings. The summed E-state index contributed by atoms with van der Waals surface area (Å²) < 4.78 is 78.2. The molecule has 0 aromatic heterocycles. The lowest BCUT2D eigenvalue weighted by molar-refractivity contribution is -0.141. The molecule has 0 spiro atoms. The number of hydrogen-bond acceptors (Lipinski definition) is 3. The monoisotopic (exact) mass is 681 g/mol. The number of rotatable bonds is 14. The van der Waals surface area contributed by atoms with Crippen molar-refractivity contribution in [3.05, 3.63) is 119 Å². The molecule has 0 atom stereocenters. The molecule has 0 bridgehead atoms. The van der Waals surface area contributed by atoms with Crippen LogP contribution in [-0.2, 0) is 16.4 Å². The van der Waals surface area contributed by atoms with E-state index in [0.29, 0.717) is 73.1 Å². The van der Waals surface area contributed by atoms with Crippen molar-refractivity contribution in [3.63, 3.8) is 0 Å². The quantitative estimate of drug-likeness (QED) is 0.0927. The first-order valence-electron chi connectivity index (χ1n) is 16.2. The highest BCUT2D eigenvalue weighted by Gasteiger charge is 2.49. The first-order chi connectivity index (χ1) is 23.4. The molecule has 5 nitrogen and oxygen atoms in total. The van der Waals surface area contributed by atoms with Crippen molar-refractivity contribution in [2.45, 2.75) is 49.9 Å². The Labute approximate surface area is 281 Å². The van der Waals surface area contributed by atoms with Crippen LogP contribution in [0.1, 0.15) is 59.2 Å². The average molecular weight is 682 g/mol. The lowest BCUT2D eigenvalue weighted by Gasteiger charge is -2.31. The lowest BCUT2D eigenvalue weighted by atomic mass is 9.73. The Morgan fingerprint density at radius 2 is 1.12 bits per heavy atom. The highest BCUT2D eigenvalue weighted by molar-refractivity contribution is 6.01. The summed E-state index contributed by atoms with van der Waals surface area (Å²) in [5.41, 5.74) is 2.59. The Hall–Kier alpha value is -4.64. The molecule has 1 aliphatic rings. The third-order valence-electron chi connectivity index (χ3n) is 8.82. The fraction of sp³-hybridized carbons (Fsp3) is 0.316. The molecule has 0 saturated heterocycles. The number of hydrogen-bond donors (Lipinski definition) is 3. The largest absolute Gasteiger partial charge is 0.416 e. The van der Waals surface area contributed by atoms with E-state index in [2.05, 4.69) is 16.0 Å². The number of alkyl halides is 6. The van der Waals surface area contributed by atoms with Crippen LogP contribution in [0.15, 0.2) is 97.1 Å². The summed E-state index contributed by atoms with van der Waals surface area (Å²) in [7, 11) is 0. The summed E-state index contributed by atoms with van der Waals surface area (Å²) in [4.78, 5) is 26.5. The predicted octanol–water partition coefficient (Wildman–Crippen LogP) is 8.29. The minimum atomic E-state index is -4.53. The van der Waals surface area contributed by atoms with E-state index in [9.17, 15) is 35.9 Å². The third-order valence-corrected chi connectivity index (χ3v) is 8.82. The van der Waals surface area contributed by atoms with E-state index in [-0.39, 0.29) is 5.91 Å². The molecule has 0 aliphatic heterocycles. The molecule has 3 N–H and O–H groups in total. The fourth-order valence-electron chi connectivity index (χ4n) is 6.49. The fourth-order valence-corrected chi connectivity index (χ4v) is 6.49. The Kier molecular flexibility index (Phi) is 11.1. The van der Waals surface area contributed by atoms with Crippen LogP contribution in [-0.4, -0.2) is 44.2 Å². The second kappa shape index (κ2) is 15.3. The molecule has 0 heterocycles. The molecule has 258 valence electrons. The molecule has 11 heteroatoms. The van der Waals surface area contributed by atoms with Crippen molar-refractivity contribution in [3.8, 4) is 22.3 Å². The van der Waals surface area contributed by atoms with Gasteiger partial charge in [-0.25, -0.2) is 0 Å². The van der Waals surface area contributed by atoms with E-state index in [4.69, 9.17) is 0 Å². The minimum absolute atomic E-state index is 0.313. The minimum Gasteiger partial charge on any atom is -0.352 e.